The van der Waals surface area contributed by atoms with Gasteiger partial charge in [0.1, 0.15) is 5.75 Å². The topological polar surface area (TPSA) is 64.4 Å². The van der Waals surface area contributed by atoms with E-state index >= 15 is 0 Å². The molecule has 25 heavy (non-hydrogen) atoms. The number of fused-ring (bicyclic) bond motifs is 1. The highest BCUT2D eigenvalue weighted by Crippen LogP contribution is 2.35. The molecule has 1 aromatic heterocycles. The van der Waals surface area contributed by atoms with Crippen LogP contribution in [0.3, 0.4) is 0 Å². The number of amides is 2. The quantitative estimate of drug-likeness (QED) is 0.689. The van der Waals surface area contributed by atoms with Gasteiger partial charge in [-0.15, -0.1) is 0 Å². The van der Waals surface area contributed by atoms with E-state index < -0.39 is 0 Å². The molecule has 0 N–H and O–H groups in total. The number of benzene rings is 2. The van der Waals surface area contributed by atoms with Crippen molar-refractivity contribution in [2.75, 3.05) is 12.0 Å². The third-order valence-corrected chi connectivity index (χ3v) is 4.20. The Morgan fingerprint density at radius 2 is 1.76 bits per heavy atom. The molecule has 6 nitrogen and oxygen atoms in total. The summed E-state index contributed by atoms with van der Waals surface area (Å²) in [5, 5.41) is 0. The smallest absolute Gasteiger partial charge is 0.266 e. The summed E-state index contributed by atoms with van der Waals surface area (Å²) < 4.78 is 7.29. The molecular formula is C19H15N3O3. The van der Waals surface area contributed by atoms with Crippen LogP contribution in [0.15, 0.2) is 61.2 Å². The minimum atomic E-state index is -0.335. The second-order valence-electron chi connectivity index (χ2n) is 5.73. The highest BCUT2D eigenvalue weighted by atomic mass is 16.5. The highest BCUT2D eigenvalue weighted by Gasteiger charge is 2.37. The number of imide groups is 1. The number of aromatic nitrogens is 2. The number of nitrogens with zero attached hydrogens (tertiary/aromatic N) is 3. The van der Waals surface area contributed by atoms with Crippen molar-refractivity contribution >= 4 is 17.5 Å². The molecule has 2 heterocycles. The van der Waals surface area contributed by atoms with Gasteiger partial charge >= 0.3 is 0 Å². The molecule has 0 atom stereocenters. The van der Waals surface area contributed by atoms with Gasteiger partial charge in [-0.3, -0.25) is 9.59 Å². The van der Waals surface area contributed by atoms with Gasteiger partial charge in [0.2, 0.25) is 0 Å². The summed E-state index contributed by atoms with van der Waals surface area (Å²) in [7, 11) is 1.52. The Morgan fingerprint density at radius 3 is 2.36 bits per heavy atom. The first-order valence-corrected chi connectivity index (χ1v) is 7.79. The lowest BCUT2D eigenvalue weighted by atomic mass is 10.1. The summed E-state index contributed by atoms with van der Waals surface area (Å²) in [5.41, 5.74) is 2.21. The Labute approximate surface area is 144 Å². The number of carbonyl (C=O) groups excluding carboxylic acids is 2. The van der Waals surface area contributed by atoms with E-state index in [1.165, 1.54) is 12.0 Å². The fraction of sp³-hybridized carbons (Fsp3) is 0.105. The van der Waals surface area contributed by atoms with E-state index in [2.05, 4.69) is 4.98 Å². The Balaban J connectivity index is 1.77. The van der Waals surface area contributed by atoms with Crippen molar-refractivity contribution in [3.8, 4) is 5.75 Å². The highest BCUT2D eigenvalue weighted by molar-refractivity contribution is 6.34. The van der Waals surface area contributed by atoms with Crippen LogP contribution in [-0.2, 0) is 6.54 Å². The molecule has 0 unspecified atom stereocenters. The van der Waals surface area contributed by atoms with Crippen LogP contribution in [0, 0.1) is 0 Å². The Bertz CT molecular complexity index is 929. The summed E-state index contributed by atoms with van der Waals surface area (Å²) in [4.78, 5) is 30.7. The minimum Gasteiger partial charge on any atom is -0.495 e. The summed E-state index contributed by atoms with van der Waals surface area (Å²) in [6, 6.07) is 12.3. The van der Waals surface area contributed by atoms with Gasteiger partial charge in [0.05, 0.1) is 30.3 Å². The first-order chi connectivity index (χ1) is 12.2. The molecule has 0 saturated heterocycles. The monoisotopic (exact) mass is 333 g/mol. The van der Waals surface area contributed by atoms with Crippen LogP contribution in [0.1, 0.15) is 26.3 Å². The molecule has 1 aliphatic heterocycles. The number of rotatable bonds is 4. The van der Waals surface area contributed by atoms with Gasteiger partial charge in [0.25, 0.3) is 11.8 Å². The van der Waals surface area contributed by atoms with Crippen LogP contribution in [0.2, 0.25) is 0 Å². The van der Waals surface area contributed by atoms with E-state index in [4.69, 9.17) is 4.74 Å². The minimum absolute atomic E-state index is 0.335. The lowest BCUT2D eigenvalue weighted by molar-refractivity contribution is 0.0925. The van der Waals surface area contributed by atoms with E-state index in [0.717, 1.165) is 5.56 Å². The van der Waals surface area contributed by atoms with Crippen molar-refractivity contribution in [1.29, 1.82) is 0 Å². The Hall–Kier alpha value is -3.41. The molecule has 1 aliphatic rings. The molecule has 6 heteroatoms. The number of anilines is 1. The van der Waals surface area contributed by atoms with Gasteiger partial charge in [-0.2, -0.15) is 0 Å². The summed E-state index contributed by atoms with van der Waals surface area (Å²) in [6.07, 6.45) is 5.27. The molecule has 4 rings (SSSR count). The van der Waals surface area contributed by atoms with Gasteiger partial charge in [-0.1, -0.05) is 18.2 Å². The molecule has 0 radical (unpaired) electrons. The fourth-order valence-corrected chi connectivity index (χ4v) is 3.01. The molecule has 3 aromatic rings. The summed E-state index contributed by atoms with van der Waals surface area (Å²) in [6.45, 7) is 0.583. The predicted octanol–water partition coefficient (Wildman–Crippen LogP) is 2.74. The molecular weight excluding hydrogens is 318 g/mol. The van der Waals surface area contributed by atoms with E-state index in [1.54, 1.807) is 48.9 Å². The Morgan fingerprint density at radius 1 is 1.04 bits per heavy atom. The maximum atomic E-state index is 12.7. The molecule has 0 bridgehead atoms. The fourth-order valence-electron chi connectivity index (χ4n) is 3.01. The Kier molecular flexibility index (Phi) is 3.57. The zero-order chi connectivity index (χ0) is 17.4. The van der Waals surface area contributed by atoms with Crippen molar-refractivity contribution in [3.05, 3.63) is 77.9 Å². The normalized spacial score (nSPS) is 13.2. The number of methoxy groups -OCH3 is 1. The average Bonchev–Trinajstić information content (AvgIpc) is 3.23. The molecule has 0 saturated carbocycles. The second kappa shape index (κ2) is 5.90. The molecule has 0 spiro atoms. The zero-order valence-corrected chi connectivity index (χ0v) is 13.5. The van der Waals surface area contributed by atoms with E-state index in [0.29, 0.717) is 29.1 Å². The zero-order valence-electron chi connectivity index (χ0n) is 13.5. The van der Waals surface area contributed by atoms with Gasteiger partial charge in [-0.25, -0.2) is 9.88 Å². The number of hydrogen-bond acceptors (Lipinski definition) is 4. The van der Waals surface area contributed by atoms with Crippen molar-refractivity contribution in [2.45, 2.75) is 6.54 Å². The number of carbonyl (C=O) groups is 2. The number of ether oxygens (including phenoxy) is 1. The van der Waals surface area contributed by atoms with Crippen molar-refractivity contribution in [2.24, 2.45) is 0 Å². The van der Waals surface area contributed by atoms with Crippen LogP contribution in [-0.4, -0.2) is 28.5 Å². The molecule has 124 valence electrons. The van der Waals surface area contributed by atoms with Gasteiger partial charge in [-0.05, 0) is 29.8 Å². The van der Waals surface area contributed by atoms with E-state index in [-0.39, 0.29) is 11.8 Å². The third-order valence-electron chi connectivity index (χ3n) is 4.20. The van der Waals surface area contributed by atoms with Gasteiger partial charge in [0, 0.05) is 18.9 Å². The van der Waals surface area contributed by atoms with Crippen molar-refractivity contribution in [1.82, 2.24) is 9.55 Å². The number of hydrogen-bond donors (Lipinski definition) is 0. The van der Waals surface area contributed by atoms with Crippen LogP contribution in [0.4, 0.5) is 5.69 Å². The van der Waals surface area contributed by atoms with E-state index in [9.17, 15) is 9.59 Å². The summed E-state index contributed by atoms with van der Waals surface area (Å²) in [5.74, 6) is -0.193. The standard InChI is InChI=1S/C19H15N3O3/c1-25-17-7-6-13(11-21-9-8-20-12-21)10-16(17)22-18(23)14-4-2-3-5-15(14)19(22)24/h2-10,12H,11H2,1H3. The van der Waals surface area contributed by atoms with Crippen molar-refractivity contribution < 1.29 is 14.3 Å². The SMILES string of the molecule is COc1ccc(Cn2ccnc2)cc1N1C(=O)c2ccccc2C1=O. The largest absolute Gasteiger partial charge is 0.495 e. The molecule has 2 amide bonds. The number of imidazole rings is 1. The maximum Gasteiger partial charge on any atom is 0.266 e. The first-order valence-electron chi connectivity index (χ1n) is 7.79. The first kappa shape index (κ1) is 15.1. The molecule has 2 aromatic carbocycles. The third kappa shape index (κ3) is 2.48. The van der Waals surface area contributed by atoms with Crippen LogP contribution < -0.4 is 9.64 Å². The maximum absolute atomic E-state index is 12.7. The lowest BCUT2D eigenvalue weighted by Gasteiger charge is -2.18. The van der Waals surface area contributed by atoms with Crippen LogP contribution in [0.5, 0.6) is 5.75 Å². The van der Waals surface area contributed by atoms with Crippen LogP contribution >= 0.6 is 0 Å². The van der Waals surface area contributed by atoms with Crippen LogP contribution in [0.25, 0.3) is 0 Å². The van der Waals surface area contributed by atoms with Crippen molar-refractivity contribution in [3.63, 3.8) is 0 Å². The van der Waals surface area contributed by atoms with Gasteiger partial charge < -0.3 is 9.30 Å². The predicted molar refractivity (Wildman–Crippen MR) is 91.9 cm³/mol. The molecule has 0 fully saturated rings. The summed E-state index contributed by atoms with van der Waals surface area (Å²) >= 11 is 0. The lowest BCUT2D eigenvalue weighted by Crippen LogP contribution is -2.29. The second-order valence-corrected chi connectivity index (χ2v) is 5.73. The van der Waals surface area contributed by atoms with Gasteiger partial charge in [0.15, 0.2) is 0 Å². The van der Waals surface area contributed by atoms with E-state index in [1.807, 2.05) is 16.8 Å². The molecule has 0 aliphatic carbocycles. The average molecular weight is 333 g/mol.